The van der Waals surface area contributed by atoms with Gasteiger partial charge in [-0.05, 0) is 21.3 Å². The van der Waals surface area contributed by atoms with Crippen molar-refractivity contribution < 1.29 is 9.47 Å². The highest BCUT2D eigenvalue weighted by molar-refractivity contribution is 9.10. The first kappa shape index (κ1) is 21.9. The van der Waals surface area contributed by atoms with Gasteiger partial charge in [-0.2, -0.15) is 10.2 Å². The van der Waals surface area contributed by atoms with Crippen LogP contribution >= 0.6 is 15.9 Å². The van der Waals surface area contributed by atoms with Gasteiger partial charge in [-0.3, -0.25) is 4.68 Å². The van der Waals surface area contributed by atoms with Gasteiger partial charge in [0.2, 0.25) is 0 Å². The average molecular weight is 442 g/mol. The number of methoxy groups -OCH3 is 1. The van der Waals surface area contributed by atoms with Gasteiger partial charge in [0.15, 0.2) is 0 Å². The van der Waals surface area contributed by atoms with Gasteiger partial charge >= 0.3 is 0 Å². The highest BCUT2D eigenvalue weighted by atomic mass is 79.9. The molecule has 2 heterocycles. The van der Waals surface area contributed by atoms with Crippen LogP contribution in [0.4, 0.5) is 5.82 Å². The highest BCUT2D eigenvalue weighted by Gasteiger charge is 2.20. The van der Waals surface area contributed by atoms with E-state index in [1.807, 2.05) is 35.9 Å². The summed E-state index contributed by atoms with van der Waals surface area (Å²) in [6, 6.07) is 0. The Bertz CT molecular complexity index is 718. The number of rotatable bonds is 10. The first-order valence-corrected chi connectivity index (χ1v) is 10.1. The molecule has 0 aliphatic carbocycles. The molecule has 2 aromatic rings. The zero-order valence-corrected chi connectivity index (χ0v) is 18.9. The standard InChI is InChI=1S/C19H32BrN5O2/c1-19(2,3)16-14-22-24(17(16)20)9-12-27-10-7-15-13-21-25(8-11-26-6)18(15)23(4)5/h13-14H,7-12H2,1-6H3. The summed E-state index contributed by atoms with van der Waals surface area (Å²) in [5.41, 5.74) is 2.47. The maximum absolute atomic E-state index is 5.85. The zero-order valence-electron chi connectivity index (χ0n) is 17.3. The van der Waals surface area contributed by atoms with Gasteiger partial charge in [0.05, 0.1) is 45.3 Å². The molecule has 0 N–H and O–H groups in total. The normalized spacial score (nSPS) is 12.0. The number of aromatic nitrogens is 4. The summed E-state index contributed by atoms with van der Waals surface area (Å²) in [6.07, 6.45) is 4.68. The molecule has 0 aliphatic heterocycles. The molecule has 0 bridgehead atoms. The van der Waals surface area contributed by atoms with Gasteiger partial charge in [0, 0.05) is 38.8 Å². The minimum absolute atomic E-state index is 0.0729. The van der Waals surface area contributed by atoms with Crippen molar-refractivity contribution in [2.24, 2.45) is 0 Å². The predicted molar refractivity (Wildman–Crippen MR) is 112 cm³/mol. The molecule has 7 nitrogen and oxygen atoms in total. The quantitative estimate of drug-likeness (QED) is 0.530. The summed E-state index contributed by atoms with van der Waals surface area (Å²) >= 11 is 3.66. The Morgan fingerprint density at radius 2 is 1.70 bits per heavy atom. The van der Waals surface area contributed by atoms with Crippen molar-refractivity contribution in [3.05, 3.63) is 28.1 Å². The lowest BCUT2D eigenvalue weighted by Crippen LogP contribution is -2.18. The Hall–Kier alpha value is -1.38. The first-order valence-electron chi connectivity index (χ1n) is 9.26. The van der Waals surface area contributed by atoms with Crippen molar-refractivity contribution >= 4 is 21.7 Å². The number of nitrogens with zero attached hydrogens (tertiary/aromatic N) is 5. The molecule has 27 heavy (non-hydrogen) atoms. The summed E-state index contributed by atoms with van der Waals surface area (Å²) < 4.78 is 16.0. The molecule has 0 aromatic carbocycles. The molecule has 2 aromatic heterocycles. The SMILES string of the molecule is COCCn1ncc(CCOCCn2ncc(C(C)(C)C)c2Br)c1N(C)C. The number of ether oxygens (including phenoxy) is 2. The maximum atomic E-state index is 5.85. The van der Waals surface area contributed by atoms with Crippen molar-refractivity contribution in [1.82, 2.24) is 19.6 Å². The van der Waals surface area contributed by atoms with E-state index in [0.717, 1.165) is 29.9 Å². The van der Waals surface area contributed by atoms with Crippen molar-refractivity contribution in [2.45, 2.75) is 45.7 Å². The van der Waals surface area contributed by atoms with Gasteiger partial charge in [0.1, 0.15) is 10.4 Å². The average Bonchev–Trinajstić information content (AvgIpc) is 3.16. The molecule has 152 valence electrons. The first-order chi connectivity index (χ1) is 12.8. The van der Waals surface area contributed by atoms with E-state index in [0.29, 0.717) is 19.8 Å². The van der Waals surface area contributed by atoms with Crippen LogP contribution in [0.25, 0.3) is 0 Å². The fraction of sp³-hybridized carbons (Fsp3) is 0.684. The van der Waals surface area contributed by atoms with E-state index < -0.39 is 0 Å². The third-order valence-electron chi connectivity index (χ3n) is 4.36. The van der Waals surface area contributed by atoms with Crippen molar-refractivity contribution in [3.8, 4) is 0 Å². The zero-order chi connectivity index (χ0) is 20.0. The maximum Gasteiger partial charge on any atom is 0.129 e. The van der Waals surface area contributed by atoms with E-state index in [1.54, 1.807) is 7.11 Å². The van der Waals surface area contributed by atoms with E-state index >= 15 is 0 Å². The number of hydrogen-bond acceptors (Lipinski definition) is 5. The van der Waals surface area contributed by atoms with Gasteiger partial charge in [-0.1, -0.05) is 20.8 Å². The number of hydrogen-bond donors (Lipinski definition) is 0. The Morgan fingerprint density at radius 3 is 2.30 bits per heavy atom. The van der Waals surface area contributed by atoms with Crippen LogP contribution in [0.3, 0.4) is 0 Å². The fourth-order valence-corrected chi connectivity index (χ4v) is 3.88. The van der Waals surface area contributed by atoms with E-state index in [2.05, 4.69) is 51.8 Å². The third kappa shape index (κ3) is 5.80. The van der Waals surface area contributed by atoms with E-state index in [4.69, 9.17) is 9.47 Å². The molecular weight excluding hydrogens is 410 g/mol. The van der Waals surface area contributed by atoms with Crippen molar-refractivity contribution in [3.63, 3.8) is 0 Å². The smallest absolute Gasteiger partial charge is 0.129 e. The Balaban J connectivity index is 1.84. The van der Waals surface area contributed by atoms with Crippen LogP contribution in [0, 0.1) is 0 Å². The highest BCUT2D eigenvalue weighted by Crippen LogP contribution is 2.29. The lowest BCUT2D eigenvalue weighted by atomic mass is 9.90. The predicted octanol–water partition coefficient (Wildman–Crippen LogP) is 3.11. The second kappa shape index (κ2) is 9.71. The van der Waals surface area contributed by atoms with Gasteiger partial charge in [-0.15, -0.1) is 0 Å². The summed E-state index contributed by atoms with van der Waals surface area (Å²) in [6.45, 7) is 9.95. The van der Waals surface area contributed by atoms with E-state index in [1.165, 1.54) is 11.1 Å². The Labute approximate surface area is 170 Å². The fourth-order valence-electron chi connectivity index (χ4n) is 2.92. The van der Waals surface area contributed by atoms with Crippen LogP contribution in [-0.4, -0.2) is 60.6 Å². The van der Waals surface area contributed by atoms with Gasteiger partial charge in [-0.25, -0.2) is 4.68 Å². The molecule has 0 aliphatic rings. The lowest BCUT2D eigenvalue weighted by molar-refractivity contribution is 0.126. The summed E-state index contributed by atoms with van der Waals surface area (Å²) in [5.74, 6) is 1.11. The van der Waals surface area contributed by atoms with Gasteiger partial charge in [0.25, 0.3) is 0 Å². The second-order valence-corrected chi connectivity index (χ2v) is 8.54. The number of anilines is 1. The monoisotopic (exact) mass is 441 g/mol. The molecular formula is C19H32BrN5O2. The molecule has 0 saturated carbocycles. The van der Waals surface area contributed by atoms with Crippen molar-refractivity contribution in [2.75, 3.05) is 45.9 Å². The summed E-state index contributed by atoms with van der Waals surface area (Å²) in [5, 5.41) is 8.94. The molecule has 0 radical (unpaired) electrons. The van der Waals surface area contributed by atoms with Crippen LogP contribution in [0.15, 0.2) is 17.0 Å². The number of halogens is 1. The molecule has 2 rings (SSSR count). The lowest BCUT2D eigenvalue weighted by Gasteiger charge is -2.17. The van der Waals surface area contributed by atoms with Crippen LogP contribution in [-0.2, 0) is 34.4 Å². The Morgan fingerprint density at radius 1 is 1.04 bits per heavy atom. The molecule has 0 spiro atoms. The minimum atomic E-state index is 0.0729. The summed E-state index contributed by atoms with van der Waals surface area (Å²) in [4.78, 5) is 2.09. The van der Waals surface area contributed by atoms with E-state index in [-0.39, 0.29) is 5.41 Å². The molecule has 0 atom stereocenters. The molecule has 0 fully saturated rings. The second-order valence-electron chi connectivity index (χ2n) is 7.79. The van der Waals surface area contributed by atoms with E-state index in [9.17, 15) is 0 Å². The molecule has 0 saturated heterocycles. The van der Waals surface area contributed by atoms with Crippen LogP contribution in [0.2, 0.25) is 0 Å². The summed E-state index contributed by atoms with van der Waals surface area (Å²) in [7, 11) is 5.77. The van der Waals surface area contributed by atoms with Crippen LogP contribution in [0.5, 0.6) is 0 Å². The molecule has 8 heteroatoms. The Kier molecular flexibility index (Phi) is 7.88. The van der Waals surface area contributed by atoms with Crippen molar-refractivity contribution in [1.29, 1.82) is 0 Å². The molecule has 0 amide bonds. The minimum Gasteiger partial charge on any atom is -0.383 e. The van der Waals surface area contributed by atoms with Gasteiger partial charge < -0.3 is 14.4 Å². The van der Waals surface area contributed by atoms with Crippen LogP contribution < -0.4 is 4.90 Å². The molecule has 0 unspecified atom stereocenters. The van der Waals surface area contributed by atoms with Crippen LogP contribution in [0.1, 0.15) is 31.9 Å². The largest absolute Gasteiger partial charge is 0.383 e. The third-order valence-corrected chi connectivity index (χ3v) is 5.20. The topological polar surface area (TPSA) is 57.3 Å².